The molecule has 1 aliphatic heterocycles. The van der Waals surface area contributed by atoms with Gasteiger partial charge in [-0.2, -0.15) is 0 Å². The monoisotopic (exact) mass is 358 g/mol. The predicted octanol–water partition coefficient (Wildman–Crippen LogP) is 3.55. The molecule has 3 aromatic rings. The van der Waals surface area contributed by atoms with Crippen LogP contribution in [0.15, 0.2) is 73.0 Å². The molecule has 3 heterocycles. The van der Waals surface area contributed by atoms with Crippen LogP contribution >= 0.6 is 0 Å². The molecule has 0 spiro atoms. The molecule has 0 aliphatic carbocycles. The lowest BCUT2D eigenvalue weighted by Gasteiger charge is -2.08. The highest BCUT2D eigenvalue weighted by Crippen LogP contribution is 2.23. The van der Waals surface area contributed by atoms with Crippen LogP contribution in [0.3, 0.4) is 0 Å². The van der Waals surface area contributed by atoms with E-state index in [1.165, 1.54) is 5.57 Å². The second-order valence-electron chi connectivity index (χ2n) is 6.33. The number of nitrogens with zero attached hydrogens (tertiary/aromatic N) is 4. The molecule has 0 unspecified atom stereocenters. The number of allylic oxidation sites excluding steroid dienone is 2. The Kier molecular flexibility index (Phi) is 4.72. The van der Waals surface area contributed by atoms with E-state index in [4.69, 9.17) is 0 Å². The standard InChI is InChI=1S/C21H22N6/c1-3-18(10-9-16-7-5-4-6-8-16)25-20-21-23-14-19(27(21)12-11-22-20)17-13-24-26(2)15-17/h3-12,14-15,24H,13H2,1-2H3,(H,22,25)/b10-9-,18-3+. The number of hydrazine groups is 1. The van der Waals surface area contributed by atoms with Crippen molar-refractivity contribution in [3.05, 3.63) is 84.2 Å². The number of fused-ring (bicyclic) bond motifs is 1. The number of hydrogen-bond donors (Lipinski definition) is 2. The van der Waals surface area contributed by atoms with Gasteiger partial charge in [0, 0.05) is 43.5 Å². The van der Waals surface area contributed by atoms with Crippen molar-refractivity contribution >= 4 is 23.1 Å². The molecule has 0 saturated carbocycles. The van der Waals surface area contributed by atoms with E-state index in [1.807, 2.05) is 61.7 Å². The van der Waals surface area contributed by atoms with Crippen LogP contribution in [0.4, 0.5) is 5.82 Å². The Labute approximate surface area is 158 Å². The Morgan fingerprint density at radius 3 is 2.81 bits per heavy atom. The summed E-state index contributed by atoms with van der Waals surface area (Å²) in [7, 11) is 1.99. The Morgan fingerprint density at radius 2 is 2.07 bits per heavy atom. The van der Waals surface area contributed by atoms with Gasteiger partial charge in [-0.25, -0.2) is 15.4 Å². The molecule has 0 radical (unpaired) electrons. The van der Waals surface area contributed by atoms with Crippen molar-refractivity contribution in [2.45, 2.75) is 6.92 Å². The van der Waals surface area contributed by atoms with Crippen LogP contribution in [0, 0.1) is 0 Å². The number of nitrogens with one attached hydrogen (secondary N) is 2. The van der Waals surface area contributed by atoms with Gasteiger partial charge in [0.15, 0.2) is 11.5 Å². The van der Waals surface area contributed by atoms with E-state index < -0.39 is 0 Å². The fourth-order valence-corrected chi connectivity index (χ4v) is 3.03. The van der Waals surface area contributed by atoms with E-state index in [-0.39, 0.29) is 0 Å². The minimum absolute atomic E-state index is 0.731. The Morgan fingerprint density at radius 1 is 1.22 bits per heavy atom. The van der Waals surface area contributed by atoms with Gasteiger partial charge < -0.3 is 10.3 Å². The molecule has 27 heavy (non-hydrogen) atoms. The molecule has 136 valence electrons. The number of anilines is 1. The molecule has 0 fully saturated rings. The van der Waals surface area contributed by atoms with Gasteiger partial charge in [-0.05, 0) is 18.6 Å². The highest BCUT2D eigenvalue weighted by Gasteiger charge is 2.16. The molecule has 0 atom stereocenters. The minimum atomic E-state index is 0.731. The summed E-state index contributed by atoms with van der Waals surface area (Å²) in [4.78, 5) is 9.08. The molecular weight excluding hydrogens is 336 g/mol. The third-order valence-electron chi connectivity index (χ3n) is 4.45. The van der Waals surface area contributed by atoms with Gasteiger partial charge in [0.25, 0.3) is 0 Å². The Bertz CT molecular complexity index is 1030. The van der Waals surface area contributed by atoms with Crippen molar-refractivity contribution in [3.8, 4) is 0 Å². The summed E-state index contributed by atoms with van der Waals surface area (Å²) in [5, 5.41) is 5.35. The molecule has 1 aliphatic rings. The molecule has 1 aromatic carbocycles. The maximum Gasteiger partial charge on any atom is 0.180 e. The summed E-state index contributed by atoms with van der Waals surface area (Å²) < 4.78 is 2.07. The van der Waals surface area contributed by atoms with Gasteiger partial charge in [-0.3, -0.25) is 4.40 Å². The van der Waals surface area contributed by atoms with Gasteiger partial charge >= 0.3 is 0 Å². The maximum atomic E-state index is 4.59. The van der Waals surface area contributed by atoms with Crippen LogP contribution in [0.1, 0.15) is 18.2 Å². The smallest absolute Gasteiger partial charge is 0.180 e. The fraction of sp³-hybridized carbons (Fsp3) is 0.143. The molecule has 6 heteroatoms. The van der Waals surface area contributed by atoms with Gasteiger partial charge in [0.1, 0.15) is 0 Å². The summed E-state index contributed by atoms with van der Waals surface area (Å²) in [6.07, 6.45) is 13.8. The van der Waals surface area contributed by atoms with Crippen LogP contribution in [-0.4, -0.2) is 33.0 Å². The normalized spacial score (nSPS) is 15.0. The van der Waals surface area contributed by atoms with E-state index in [1.54, 1.807) is 6.20 Å². The molecule has 2 N–H and O–H groups in total. The highest BCUT2D eigenvalue weighted by molar-refractivity contribution is 5.73. The lowest BCUT2D eigenvalue weighted by molar-refractivity contribution is 0.374. The Hall–Kier alpha value is -3.38. The highest BCUT2D eigenvalue weighted by atomic mass is 15.5. The zero-order chi connectivity index (χ0) is 18.6. The van der Waals surface area contributed by atoms with E-state index >= 15 is 0 Å². The van der Waals surface area contributed by atoms with E-state index in [9.17, 15) is 0 Å². The fourth-order valence-electron chi connectivity index (χ4n) is 3.03. The average molecular weight is 358 g/mol. The van der Waals surface area contributed by atoms with Crippen molar-refractivity contribution in [2.24, 2.45) is 0 Å². The number of aromatic nitrogens is 3. The largest absolute Gasteiger partial charge is 0.337 e. The number of imidazole rings is 1. The number of benzene rings is 1. The van der Waals surface area contributed by atoms with Crippen LogP contribution < -0.4 is 10.7 Å². The van der Waals surface area contributed by atoms with E-state index in [0.717, 1.165) is 35.0 Å². The second-order valence-corrected chi connectivity index (χ2v) is 6.33. The third kappa shape index (κ3) is 3.61. The molecule has 6 nitrogen and oxygen atoms in total. The molecule has 0 amide bonds. The second kappa shape index (κ2) is 7.47. The number of hydrogen-bond acceptors (Lipinski definition) is 5. The predicted molar refractivity (Wildman–Crippen MR) is 110 cm³/mol. The zero-order valence-electron chi connectivity index (χ0n) is 15.4. The van der Waals surface area contributed by atoms with Crippen molar-refractivity contribution in [2.75, 3.05) is 18.9 Å². The SMILES string of the molecule is C/C=C(\C=C/c1ccccc1)Nc1nccn2c(C3=CN(C)NC3)cnc12. The topological polar surface area (TPSA) is 57.5 Å². The van der Waals surface area contributed by atoms with E-state index in [0.29, 0.717) is 0 Å². The first-order chi connectivity index (χ1) is 13.2. The van der Waals surface area contributed by atoms with Gasteiger partial charge in [0.2, 0.25) is 0 Å². The van der Waals surface area contributed by atoms with Crippen LogP contribution in [-0.2, 0) is 0 Å². The molecule has 4 rings (SSSR count). The maximum absolute atomic E-state index is 4.59. The van der Waals surface area contributed by atoms with Crippen LogP contribution in [0.5, 0.6) is 0 Å². The summed E-state index contributed by atoms with van der Waals surface area (Å²) in [6, 6.07) is 10.2. The first-order valence-electron chi connectivity index (χ1n) is 8.90. The van der Waals surface area contributed by atoms with Gasteiger partial charge in [-0.15, -0.1) is 0 Å². The van der Waals surface area contributed by atoms with Crippen molar-refractivity contribution in [3.63, 3.8) is 0 Å². The molecule has 2 aromatic heterocycles. The quantitative estimate of drug-likeness (QED) is 0.683. The Balaban J connectivity index is 1.61. The number of rotatable bonds is 5. The van der Waals surface area contributed by atoms with Crippen LogP contribution in [0.25, 0.3) is 17.3 Å². The van der Waals surface area contributed by atoms with Crippen molar-refractivity contribution < 1.29 is 0 Å². The molecular formula is C21H22N6. The average Bonchev–Trinajstić information content (AvgIpc) is 3.32. The molecule has 0 saturated heterocycles. The molecule has 0 bridgehead atoms. The zero-order valence-corrected chi connectivity index (χ0v) is 15.4. The van der Waals surface area contributed by atoms with Crippen LogP contribution in [0.2, 0.25) is 0 Å². The van der Waals surface area contributed by atoms with Crippen molar-refractivity contribution in [1.82, 2.24) is 24.8 Å². The summed E-state index contributed by atoms with van der Waals surface area (Å²) in [5.41, 5.74) is 8.43. The van der Waals surface area contributed by atoms with Gasteiger partial charge in [-0.1, -0.05) is 42.5 Å². The third-order valence-corrected chi connectivity index (χ3v) is 4.45. The summed E-state index contributed by atoms with van der Waals surface area (Å²) >= 11 is 0. The lowest BCUT2D eigenvalue weighted by Crippen LogP contribution is -2.23. The first-order valence-corrected chi connectivity index (χ1v) is 8.90. The van der Waals surface area contributed by atoms with Gasteiger partial charge in [0.05, 0.1) is 11.9 Å². The minimum Gasteiger partial charge on any atom is -0.337 e. The summed E-state index contributed by atoms with van der Waals surface area (Å²) in [5.74, 6) is 0.731. The van der Waals surface area contributed by atoms with Crippen molar-refractivity contribution in [1.29, 1.82) is 0 Å². The first kappa shape index (κ1) is 17.1. The summed E-state index contributed by atoms with van der Waals surface area (Å²) in [6.45, 7) is 2.79. The lowest BCUT2D eigenvalue weighted by atomic mass is 10.2. The van der Waals surface area contributed by atoms with E-state index in [2.05, 4.69) is 49.5 Å².